The van der Waals surface area contributed by atoms with Gasteiger partial charge in [0.2, 0.25) is 0 Å². The lowest BCUT2D eigenvalue weighted by Crippen LogP contribution is -2.56. The van der Waals surface area contributed by atoms with Crippen molar-refractivity contribution >= 4 is 5.91 Å². The summed E-state index contributed by atoms with van der Waals surface area (Å²) in [7, 11) is 0. The molecule has 0 aliphatic carbocycles. The summed E-state index contributed by atoms with van der Waals surface area (Å²) in [6.07, 6.45) is 0.0390. The van der Waals surface area contributed by atoms with E-state index in [9.17, 15) is 4.79 Å². The zero-order valence-corrected chi connectivity index (χ0v) is 13.2. The van der Waals surface area contributed by atoms with E-state index in [1.165, 1.54) is 0 Å². The predicted molar refractivity (Wildman–Crippen MR) is 87.4 cm³/mol. The van der Waals surface area contributed by atoms with Crippen molar-refractivity contribution in [2.24, 2.45) is 0 Å². The quantitative estimate of drug-likeness (QED) is 0.875. The van der Waals surface area contributed by atoms with Crippen LogP contribution in [0.5, 0.6) is 5.75 Å². The van der Waals surface area contributed by atoms with Crippen molar-refractivity contribution in [1.29, 1.82) is 5.26 Å². The van der Waals surface area contributed by atoms with Crippen molar-refractivity contribution in [2.45, 2.75) is 20.0 Å². The summed E-state index contributed by atoms with van der Waals surface area (Å²) in [4.78, 5) is 14.1. The van der Waals surface area contributed by atoms with Crippen molar-refractivity contribution < 1.29 is 9.53 Å². The fourth-order valence-electron chi connectivity index (χ4n) is 2.70. The van der Waals surface area contributed by atoms with Gasteiger partial charge in [0.05, 0.1) is 24.7 Å². The average molecular weight is 306 g/mol. The molecule has 4 nitrogen and oxygen atoms in total. The van der Waals surface area contributed by atoms with E-state index in [0.29, 0.717) is 24.2 Å². The van der Waals surface area contributed by atoms with Gasteiger partial charge in [-0.2, -0.15) is 5.26 Å². The summed E-state index contributed by atoms with van der Waals surface area (Å²) in [5, 5.41) is 8.79. The number of nitrogens with zero attached hydrogens (tertiary/aromatic N) is 2. The maximum absolute atomic E-state index is 12.3. The number of hydrogen-bond donors (Lipinski definition) is 0. The number of amides is 1. The standard InChI is InChI=1S/C19H18N2O2/c1-13-4-3-5-14(2)18(13)23-17-11-21(12-17)19(22)16-8-6-15(10-20)7-9-16/h3-9,17H,11-12H2,1-2H3. The topological polar surface area (TPSA) is 53.3 Å². The second-order valence-corrected chi connectivity index (χ2v) is 5.86. The van der Waals surface area contributed by atoms with E-state index in [-0.39, 0.29) is 12.0 Å². The van der Waals surface area contributed by atoms with Gasteiger partial charge in [0.25, 0.3) is 5.91 Å². The van der Waals surface area contributed by atoms with E-state index in [4.69, 9.17) is 10.00 Å². The van der Waals surface area contributed by atoms with Crippen LogP contribution < -0.4 is 4.74 Å². The molecule has 1 heterocycles. The van der Waals surface area contributed by atoms with Crippen LogP contribution in [0.25, 0.3) is 0 Å². The normalized spacial score (nSPS) is 14.0. The molecule has 0 unspecified atom stereocenters. The van der Waals surface area contributed by atoms with E-state index in [2.05, 4.69) is 6.07 Å². The lowest BCUT2D eigenvalue weighted by Gasteiger charge is -2.39. The number of ether oxygens (including phenoxy) is 1. The van der Waals surface area contributed by atoms with Gasteiger partial charge >= 0.3 is 0 Å². The Labute approximate surface area is 135 Å². The number of para-hydroxylation sites is 1. The maximum atomic E-state index is 12.3. The molecule has 1 saturated heterocycles. The third kappa shape index (κ3) is 3.04. The molecule has 0 spiro atoms. The minimum atomic E-state index is -0.0177. The van der Waals surface area contributed by atoms with Crippen LogP contribution in [0.4, 0.5) is 0 Å². The summed E-state index contributed by atoms with van der Waals surface area (Å²) in [5.41, 5.74) is 3.39. The summed E-state index contributed by atoms with van der Waals surface area (Å²) >= 11 is 0. The second kappa shape index (κ2) is 6.13. The first-order valence-electron chi connectivity index (χ1n) is 7.61. The van der Waals surface area contributed by atoms with Crippen LogP contribution in [-0.4, -0.2) is 30.0 Å². The van der Waals surface area contributed by atoms with Crippen molar-refractivity contribution in [3.05, 3.63) is 64.7 Å². The first-order valence-corrected chi connectivity index (χ1v) is 7.61. The number of nitriles is 1. The van der Waals surface area contributed by atoms with Gasteiger partial charge in [-0.3, -0.25) is 4.79 Å². The highest BCUT2D eigenvalue weighted by atomic mass is 16.5. The Bertz CT molecular complexity index is 749. The van der Waals surface area contributed by atoms with Gasteiger partial charge in [-0.15, -0.1) is 0 Å². The highest BCUT2D eigenvalue weighted by Crippen LogP contribution is 2.26. The number of carbonyl (C=O) groups excluding carboxylic acids is 1. The minimum Gasteiger partial charge on any atom is -0.486 e. The molecular formula is C19H18N2O2. The van der Waals surface area contributed by atoms with Crippen LogP contribution in [0, 0.1) is 25.2 Å². The Morgan fingerprint density at radius 3 is 2.30 bits per heavy atom. The molecule has 116 valence electrons. The predicted octanol–water partition coefficient (Wildman–Crippen LogP) is 3.08. The number of likely N-dealkylation sites (tertiary alicyclic amines) is 1. The second-order valence-electron chi connectivity index (χ2n) is 5.86. The summed E-state index contributed by atoms with van der Waals surface area (Å²) in [6.45, 7) is 5.24. The van der Waals surface area contributed by atoms with Crippen LogP contribution in [0.3, 0.4) is 0 Å². The van der Waals surface area contributed by atoms with Gasteiger partial charge in [-0.1, -0.05) is 18.2 Å². The lowest BCUT2D eigenvalue weighted by molar-refractivity contribution is 0.0173. The molecule has 1 aliphatic heterocycles. The Hall–Kier alpha value is -2.80. The molecule has 0 saturated carbocycles. The van der Waals surface area contributed by atoms with Gasteiger partial charge in [0.1, 0.15) is 11.9 Å². The maximum Gasteiger partial charge on any atom is 0.254 e. The molecule has 2 aromatic carbocycles. The Morgan fingerprint density at radius 1 is 1.13 bits per heavy atom. The molecule has 3 rings (SSSR count). The molecular weight excluding hydrogens is 288 g/mol. The molecule has 1 aliphatic rings. The third-order valence-electron chi connectivity index (χ3n) is 4.09. The van der Waals surface area contributed by atoms with Gasteiger partial charge in [0.15, 0.2) is 0 Å². The number of carbonyl (C=O) groups is 1. The van der Waals surface area contributed by atoms with Crippen LogP contribution >= 0.6 is 0 Å². The smallest absolute Gasteiger partial charge is 0.254 e. The van der Waals surface area contributed by atoms with Crippen LogP contribution in [0.1, 0.15) is 27.0 Å². The molecule has 23 heavy (non-hydrogen) atoms. The summed E-state index contributed by atoms with van der Waals surface area (Å²) in [5.74, 6) is 0.902. The van der Waals surface area contributed by atoms with Crippen LogP contribution in [0.15, 0.2) is 42.5 Å². The number of rotatable bonds is 3. The lowest BCUT2D eigenvalue weighted by atomic mass is 10.1. The van der Waals surface area contributed by atoms with E-state index < -0.39 is 0 Å². The Kier molecular flexibility index (Phi) is 4.03. The molecule has 2 aromatic rings. The molecule has 1 fully saturated rings. The highest BCUT2D eigenvalue weighted by Gasteiger charge is 2.33. The van der Waals surface area contributed by atoms with Crippen molar-refractivity contribution in [2.75, 3.05) is 13.1 Å². The fourth-order valence-corrected chi connectivity index (χ4v) is 2.70. The number of aryl methyl sites for hydroxylation is 2. The van der Waals surface area contributed by atoms with E-state index in [1.807, 2.05) is 32.0 Å². The van der Waals surface area contributed by atoms with Gasteiger partial charge in [-0.05, 0) is 49.2 Å². The van der Waals surface area contributed by atoms with E-state index >= 15 is 0 Å². The third-order valence-corrected chi connectivity index (χ3v) is 4.09. The molecule has 1 amide bonds. The average Bonchev–Trinajstić information content (AvgIpc) is 2.52. The largest absolute Gasteiger partial charge is 0.486 e. The van der Waals surface area contributed by atoms with Gasteiger partial charge in [-0.25, -0.2) is 0 Å². The zero-order valence-electron chi connectivity index (χ0n) is 13.2. The van der Waals surface area contributed by atoms with E-state index in [0.717, 1.165) is 16.9 Å². The summed E-state index contributed by atoms with van der Waals surface area (Å²) in [6, 6.07) is 14.8. The van der Waals surface area contributed by atoms with Gasteiger partial charge in [0, 0.05) is 5.56 Å². The molecule has 4 heteroatoms. The van der Waals surface area contributed by atoms with Crippen molar-refractivity contribution in [1.82, 2.24) is 4.90 Å². The first kappa shape index (κ1) is 15.1. The molecule has 0 aromatic heterocycles. The number of benzene rings is 2. The summed E-state index contributed by atoms with van der Waals surface area (Å²) < 4.78 is 6.03. The monoisotopic (exact) mass is 306 g/mol. The van der Waals surface area contributed by atoms with Crippen molar-refractivity contribution in [3.8, 4) is 11.8 Å². The molecule has 0 atom stereocenters. The minimum absolute atomic E-state index is 0.0177. The van der Waals surface area contributed by atoms with E-state index in [1.54, 1.807) is 29.2 Å². The Morgan fingerprint density at radius 2 is 1.74 bits per heavy atom. The van der Waals surface area contributed by atoms with Crippen LogP contribution in [-0.2, 0) is 0 Å². The highest BCUT2D eigenvalue weighted by molar-refractivity contribution is 5.94. The molecule has 0 radical (unpaired) electrons. The van der Waals surface area contributed by atoms with Crippen LogP contribution in [0.2, 0.25) is 0 Å². The SMILES string of the molecule is Cc1cccc(C)c1OC1CN(C(=O)c2ccc(C#N)cc2)C1. The van der Waals surface area contributed by atoms with Crippen molar-refractivity contribution in [3.63, 3.8) is 0 Å². The zero-order chi connectivity index (χ0) is 16.4. The Balaban J connectivity index is 1.60. The fraction of sp³-hybridized carbons (Fsp3) is 0.263. The number of hydrogen-bond acceptors (Lipinski definition) is 3. The molecule has 0 N–H and O–H groups in total. The van der Waals surface area contributed by atoms with Gasteiger partial charge < -0.3 is 9.64 Å². The molecule has 0 bridgehead atoms. The first-order chi connectivity index (χ1) is 11.1.